The highest BCUT2D eigenvalue weighted by Crippen LogP contribution is 2.50. The largest absolute Gasteiger partial charge is 0.426 e. The molecule has 2 aromatic carbocycles. The van der Waals surface area contributed by atoms with Crippen molar-refractivity contribution in [2.24, 2.45) is 23.0 Å². The quantitative estimate of drug-likeness (QED) is 0.246. The van der Waals surface area contributed by atoms with Crippen LogP contribution in [0.3, 0.4) is 0 Å². The number of ether oxygens (including phenoxy) is 1. The van der Waals surface area contributed by atoms with Gasteiger partial charge < -0.3 is 19.9 Å². The molecule has 6 rings (SSSR count). The Morgan fingerprint density at radius 2 is 1.67 bits per heavy atom. The second-order valence-corrected chi connectivity index (χ2v) is 13.4. The summed E-state index contributed by atoms with van der Waals surface area (Å²) in [6, 6.07) is 13.5. The number of nitrogens with zero attached hydrogens (tertiary/aromatic N) is 3. The van der Waals surface area contributed by atoms with Crippen LogP contribution in [0, 0.1) is 31.1 Å². The first-order valence-electron chi connectivity index (χ1n) is 15.6. The van der Waals surface area contributed by atoms with E-state index in [-0.39, 0.29) is 42.8 Å². The SMILES string of the molecule is Cc1ccc(OC(=O)C2(C(CC(N)=O)N3CC4CN(C(=O)c5c(-c6ccccc6)noc5C)CC4C3)CCC(F)(F)CC2)cc1Cl. The zero-order valence-electron chi connectivity index (χ0n) is 25.8. The number of hydrogen-bond donors (Lipinski definition) is 1. The molecule has 0 spiro atoms. The summed E-state index contributed by atoms with van der Waals surface area (Å²) in [5.41, 5.74) is 6.84. The molecule has 3 heterocycles. The molecule has 3 aromatic rings. The van der Waals surface area contributed by atoms with Crippen molar-refractivity contribution in [2.45, 2.75) is 57.9 Å². The van der Waals surface area contributed by atoms with Gasteiger partial charge in [-0.1, -0.05) is 53.2 Å². The average Bonchev–Trinajstić information content (AvgIpc) is 3.72. The highest BCUT2D eigenvalue weighted by Gasteiger charge is 2.57. The van der Waals surface area contributed by atoms with Crippen LogP contribution in [-0.2, 0) is 9.59 Å². The first-order valence-corrected chi connectivity index (χ1v) is 15.9. The molecule has 3 atom stereocenters. The van der Waals surface area contributed by atoms with Crippen LogP contribution in [0.5, 0.6) is 5.75 Å². The normalized spacial score (nSPS) is 22.8. The molecule has 46 heavy (non-hydrogen) atoms. The summed E-state index contributed by atoms with van der Waals surface area (Å²) in [7, 11) is 0. The van der Waals surface area contributed by atoms with Crippen LogP contribution in [0.25, 0.3) is 11.3 Å². The van der Waals surface area contributed by atoms with E-state index in [0.717, 1.165) is 11.1 Å². The monoisotopic (exact) mass is 654 g/mol. The number of amides is 2. The van der Waals surface area contributed by atoms with Crippen LogP contribution in [0.15, 0.2) is 53.1 Å². The van der Waals surface area contributed by atoms with Gasteiger partial charge in [0.05, 0.1) is 5.41 Å². The molecule has 2 amide bonds. The van der Waals surface area contributed by atoms with E-state index in [9.17, 15) is 23.2 Å². The number of benzene rings is 2. The summed E-state index contributed by atoms with van der Waals surface area (Å²) >= 11 is 6.26. The van der Waals surface area contributed by atoms with E-state index in [4.69, 9.17) is 26.6 Å². The molecule has 244 valence electrons. The van der Waals surface area contributed by atoms with Crippen molar-refractivity contribution in [1.29, 1.82) is 0 Å². The Hall–Kier alpha value is -3.83. The number of rotatable bonds is 8. The lowest BCUT2D eigenvalue weighted by Crippen LogP contribution is -2.57. The number of likely N-dealkylation sites (tertiary alicyclic amines) is 2. The molecule has 3 aliphatic rings. The Morgan fingerprint density at radius 1 is 1.02 bits per heavy atom. The summed E-state index contributed by atoms with van der Waals surface area (Å²) in [5, 5.41) is 4.57. The van der Waals surface area contributed by atoms with Gasteiger partial charge in [0.25, 0.3) is 5.91 Å². The summed E-state index contributed by atoms with van der Waals surface area (Å²) < 4.78 is 40.2. The maximum Gasteiger partial charge on any atom is 0.319 e. The van der Waals surface area contributed by atoms with Gasteiger partial charge in [-0.2, -0.15) is 0 Å². The molecule has 0 bridgehead atoms. The minimum absolute atomic E-state index is 0.0497. The number of alkyl halides is 2. The fraction of sp³-hybridized carbons (Fsp3) is 0.471. The second-order valence-electron chi connectivity index (χ2n) is 13.0. The molecule has 0 radical (unpaired) electrons. The molecule has 3 unspecified atom stereocenters. The molecule has 2 N–H and O–H groups in total. The Balaban J connectivity index is 1.23. The number of primary amides is 1. The molecule has 2 saturated heterocycles. The van der Waals surface area contributed by atoms with Gasteiger partial charge in [-0.25, -0.2) is 8.78 Å². The van der Waals surface area contributed by atoms with Crippen molar-refractivity contribution >= 4 is 29.4 Å². The van der Waals surface area contributed by atoms with E-state index >= 15 is 0 Å². The van der Waals surface area contributed by atoms with Crippen molar-refractivity contribution in [3.63, 3.8) is 0 Å². The van der Waals surface area contributed by atoms with Gasteiger partial charge in [0.2, 0.25) is 11.8 Å². The number of carbonyl (C=O) groups is 3. The van der Waals surface area contributed by atoms with Crippen LogP contribution in [-0.4, -0.2) is 70.9 Å². The lowest BCUT2D eigenvalue weighted by Gasteiger charge is -2.46. The smallest absolute Gasteiger partial charge is 0.319 e. The minimum Gasteiger partial charge on any atom is -0.426 e. The van der Waals surface area contributed by atoms with Crippen LogP contribution < -0.4 is 10.5 Å². The maximum atomic E-state index is 14.5. The molecule has 12 heteroatoms. The maximum absolute atomic E-state index is 14.5. The lowest BCUT2D eigenvalue weighted by molar-refractivity contribution is -0.162. The Labute approximate surface area is 271 Å². The molecule has 3 fully saturated rings. The van der Waals surface area contributed by atoms with Crippen LogP contribution in [0.2, 0.25) is 5.02 Å². The predicted molar refractivity (Wildman–Crippen MR) is 166 cm³/mol. The first-order chi connectivity index (χ1) is 21.9. The molecule has 1 saturated carbocycles. The first kappa shape index (κ1) is 32.1. The van der Waals surface area contributed by atoms with Gasteiger partial charge in [-0.3, -0.25) is 19.3 Å². The Bertz CT molecular complexity index is 1620. The molecular formula is C34H37ClF2N4O5. The topological polar surface area (TPSA) is 119 Å². The van der Waals surface area contributed by atoms with E-state index in [0.29, 0.717) is 48.2 Å². The number of aromatic nitrogens is 1. The highest BCUT2D eigenvalue weighted by molar-refractivity contribution is 6.31. The van der Waals surface area contributed by atoms with Crippen molar-refractivity contribution in [2.75, 3.05) is 26.2 Å². The fourth-order valence-electron chi connectivity index (χ4n) is 7.47. The number of carbonyl (C=O) groups excluding carboxylic acids is 3. The van der Waals surface area contributed by atoms with Crippen molar-refractivity contribution < 1.29 is 32.4 Å². The highest BCUT2D eigenvalue weighted by atomic mass is 35.5. The number of halogens is 3. The van der Waals surface area contributed by atoms with Gasteiger partial charge >= 0.3 is 5.97 Å². The molecule has 1 aliphatic carbocycles. The standard InChI is InChI=1S/C34H37ClF2N4O5/c1-20-8-9-25(14-26(20)35)45-32(44)33(10-12-34(36,37)13-11-33)27(15-28(38)42)40-16-23-18-41(19-24(23)17-40)31(43)29-21(2)46-39-30(29)22-6-4-3-5-7-22/h3-9,14,23-24,27H,10-13,15-19H2,1-2H3,(H2,38,42). The molecular weight excluding hydrogens is 618 g/mol. The predicted octanol–water partition coefficient (Wildman–Crippen LogP) is 5.66. The Morgan fingerprint density at radius 3 is 2.28 bits per heavy atom. The lowest BCUT2D eigenvalue weighted by atomic mass is 9.66. The zero-order chi connectivity index (χ0) is 32.8. The van der Waals surface area contributed by atoms with Gasteiger partial charge in [-0.05, 0) is 56.2 Å². The third kappa shape index (κ3) is 6.14. The average molecular weight is 655 g/mol. The molecule has 2 aliphatic heterocycles. The van der Waals surface area contributed by atoms with Crippen molar-refractivity contribution in [3.05, 3.63) is 70.4 Å². The number of fused-ring (bicyclic) bond motifs is 1. The number of esters is 1. The van der Waals surface area contributed by atoms with Crippen LogP contribution in [0.1, 0.15) is 53.8 Å². The minimum atomic E-state index is -2.92. The van der Waals surface area contributed by atoms with Gasteiger partial charge in [0, 0.05) is 62.1 Å². The third-order valence-corrected chi connectivity index (χ3v) is 10.4. The summed E-state index contributed by atoms with van der Waals surface area (Å²) in [6.07, 6.45) is -1.49. The van der Waals surface area contributed by atoms with Gasteiger partial charge in [0.1, 0.15) is 22.8 Å². The van der Waals surface area contributed by atoms with Gasteiger partial charge in [-0.15, -0.1) is 0 Å². The molecule has 9 nitrogen and oxygen atoms in total. The summed E-state index contributed by atoms with van der Waals surface area (Å²) in [6.45, 7) is 5.40. The third-order valence-electron chi connectivity index (χ3n) is 10.0. The number of hydrogen-bond acceptors (Lipinski definition) is 7. The van der Waals surface area contributed by atoms with Gasteiger partial charge in [0.15, 0.2) is 0 Å². The Kier molecular flexibility index (Phi) is 8.67. The zero-order valence-corrected chi connectivity index (χ0v) is 26.6. The van der Waals surface area contributed by atoms with E-state index < -0.39 is 42.1 Å². The van der Waals surface area contributed by atoms with E-state index in [1.165, 1.54) is 6.07 Å². The number of aryl methyl sites for hydroxylation is 2. The molecule has 1 aromatic heterocycles. The summed E-state index contributed by atoms with van der Waals surface area (Å²) in [4.78, 5) is 44.1. The van der Waals surface area contributed by atoms with Crippen LogP contribution in [0.4, 0.5) is 8.78 Å². The second kappa shape index (κ2) is 12.4. The van der Waals surface area contributed by atoms with E-state index in [2.05, 4.69) is 5.16 Å². The van der Waals surface area contributed by atoms with E-state index in [1.54, 1.807) is 24.0 Å². The van der Waals surface area contributed by atoms with Crippen molar-refractivity contribution in [1.82, 2.24) is 15.0 Å². The van der Waals surface area contributed by atoms with Crippen LogP contribution >= 0.6 is 11.6 Å². The van der Waals surface area contributed by atoms with Crippen molar-refractivity contribution in [3.8, 4) is 17.0 Å². The fourth-order valence-corrected chi connectivity index (χ4v) is 7.64. The van der Waals surface area contributed by atoms with E-state index in [1.807, 2.05) is 42.2 Å². The number of nitrogens with two attached hydrogens (primary N) is 1. The summed E-state index contributed by atoms with van der Waals surface area (Å²) in [5.74, 6) is -3.64.